The SMILES string of the molecule is CCC(Cc1ccc2c(c1)OCO2)C(=O)O. The largest absolute Gasteiger partial charge is 0.481 e. The van der Waals surface area contributed by atoms with Gasteiger partial charge in [0.25, 0.3) is 0 Å². The second kappa shape index (κ2) is 4.43. The highest BCUT2D eigenvalue weighted by molar-refractivity contribution is 5.70. The van der Waals surface area contributed by atoms with Crippen molar-refractivity contribution in [3.05, 3.63) is 23.8 Å². The van der Waals surface area contributed by atoms with Crippen LogP contribution in [0.5, 0.6) is 11.5 Å². The molecule has 1 aliphatic heterocycles. The van der Waals surface area contributed by atoms with E-state index in [9.17, 15) is 4.79 Å². The van der Waals surface area contributed by atoms with Gasteiger partial charge in [-0.2, -0.15) is 0 Å². The molecule has 1 unspecified atom stereocenters. The molecule has 16 heavy (non-hydrogen) atoms. The Morgan fingerprint density at radius 1 is 1.44 bits per heavy atom. The van der Waals surface area contributed by atoms with Crippen molar-refractivity contribution in [3.63, 3.8) is 0 Å². The molecule has 1 N–H and O–H groups in total. The molecule has 4 nitrogen and oxygen atoms in total. The molecule has 0 aromatic heterocycles. The van der Waals surface area contributed by atoms with Gasteiger partial charge in [0.1, 0.15) is 0 Å². The van der Waals surface area contributed by atoms with E-state index in [1.54, 1.807) is 0 Å². The molecule has 1 aromatic rings. The molecule has 86 valence electrons. The lowest BCUT2D eigenvalue weighted by molar-refractivity contribution is -0.141. The highest BCUT2D eigenvalue weighted by Crippen LogP contribution is 2.33. The summed E-state index contributed by atoms with van der Waals surface area (Å²) in [7, 11) is 0. The van der Waals surface area contributed by atoms with Crippen molar-refractivity contribution < 1.29 is 19.4 Å². The molecule has 1 aliphatic rings. The summed E-state index contributed by atoms with van der Waals surface area (Å²) >= 11 is 0. The van der Waals surface area contributed by atoms with Crippen molar-refractivity contribution in [2.75, 3.05) is 6.79 Å². The zero-order chi connectivity index (χ0) is 11.5. The van der Waals surface area contributed by atoms with Crippen LogP contribution in [0.4, 0.5) is 0 Å². The average Bonchev–Trinajstić information content (AvgIpc) is 2.72. The molecular weight excluding hydrogens is 208 g/mol. The zero-order valence-electron chi connectivity index (χ0n) is 9.10. The summed E-state index contributed by atoms with van der Waals surface area (Å²) < 4.78 is 10.4. The Labute approximate surface area is 93.8 Å². The normalized spacial score (nSPS) is 14.8. The van der Waals surface area contributed by atoms with Crippen LogP contribution < -0.4 is 9.47 Å². The monoisotopic (exact) mass is 222 g/mol. The third kappa shape index (κ3) is 2.10. The topological polar surface area (TPSA) is 55.8 Å². The zero-order valence-corrected chi connectivity index (χ0v) is 9.10. The first-order valence-corrected chi connectivity index (χ1v) is 5.32. The standard InChI is InChI=1S/C12H14O4/c1-2-9(12(13)14)5-8-3-4-10-11(6-8)16-7-15-10/h3-4,6,9H,2,5,7H2,1H3,(H,13,14). The Morgan fingerprint density at radius 2 is 2.19 bits per heavy atom. The van der Waals surface area contributed by atoms with E-state index in [4.69, 9.17) is 14.6 Å². The molecular formula is C12H14O4. The minimum absolute atomic E-state index is 0.245. The van der Waals surface area contributed by atoms with Crippen LogP contribution in [0.25, 0.3) is 0 Å². The van der Waals surface area contributed by atoms with E-state index in [1.807, 2.05) is 25.1 Å². The molecule has 0 bridgehead atoms. The lowest BCUT2D eigenvalue weighted by atomic mass is 9.97. The number of hydrogen-bond donors (Lipinski definition) is 1. The van der Waals surface area contributed by atoms with Crippen LogP contribution >= 0.6 is 0 Å². The molecule has 4 heteroatoms. The minimum atomic E-state index is -0.750. The Hall–Kier alpha value is -1.71. The van der Waals surface area contributed by atoms with E-state index in [2.05, 4.69) is 0 Å². The quantitative estimate of drug-likeness (QED) is 0.847. The molecule has 1 heterocycles. The number of fused-ring (bicyclic) bond motifs is 1. The van der Waals surface area contributed by atoms with Gasteiger partial charge in [-0.3, -0.25) is 4.79 Å². The van der Waals surface area contributed by atoms with E-state index in [-0.39, 0.29) is 12.7 Å². The van der Waals surface area contributed by atoms with Gasteiger partial charge in [0.2, 0.25) is 6.79 Å². The van der Waals surface area contributed by atoms with Crippen LogP contribution in [0.15, 0.2) is 18.2 Å². The number of aliphatic carboxylic acids is 1. The van der Waals surface area contributed by atoms with Crippen molar-refractivity contribution in [1.82, 2.24) is 0 Å². The van der Waals surface area contributed by atoms with E-state index < -0.39 is 5.97 Å². The summed E-state index contributed by atoms with van der Waals surface area (Å²) in [5.41, 5.74) is 0.971. The molecule has 1 aromatic carbocycles. The second-order valence-electron chi connectivity index (χ2n) is 3.84. The third-order valence-corrected chi connectivity index (χ3v) is 2.76. The van der Waals surface area contributed by atoms with Crippen LogP contribution in [-0.4, -0.2) is 17.9 Å². The van der Waals surface area contributed by atoms with Gasteiger partial charge in [-0.15, -0.1) is 0 Å². The summed E-state index contributed by atoms with van der Waals surface area (Å²) in [6, 6.07) is 5.57. The Balaban J connectivity index is 2.13. The molecule has 0 radical (unpaired) electrons. The van der Waals surface area contributed by atoms with E-state index in [0.29, 0.717) is 18.6 Å². The lowest BCUT2D eigenvalue weighted by Crippen LogP contribution is -2.15. The first kappa shape index (κ1) is 10.8. The molecule has 0 aliphatic carbocycles. The van der Waals surface area contributed by atoms with Crippen LogP contribution in [0, 0.1) is 5.92 Å². The van der Waals surface area contributed by atoms with Gasteiger partial charge in [-0.05, 0) is 30.5 Å². The van der Waals surface area contributed by atoms with Crippen molar-refractivity contribution in [2.24, 2.45) is 5.92 Å². The number of benzene rings is 1. The molecule has 0 saturated carbocycles. The van der Waals surface area contributed by atoms with Gasteiger partial charge in [-0.1, -0.05) is 13.0 Å². The number of ether oxygens (including phenoxy) is 2. The molecule has 2 rings (SSSR count). The van der Waals surface area contributed by atoms with Gasteiger partial charge >= 0.3 is 5.97 Å². The van der Waals surface area contributed by atoms with E-state index >= 15 is 0 Å². The van der Waals surface area contributed by atoms with Crippen LogP contribution in [0.3, 0.4) is 0 Å². The minimum Gasteiger partial charge on any atom is -0.481 e. The molecule has 0 amide bonds. The highest BCUT2D eigenvalue weighted by atomic mass is 16.7. The number of carbonyl (C=O) groups is 1. The van der Waals surface area contributed by atoms with Gasteiger partial charge in [0.05, 0.1) is 5.92 Å². The first-order valence-electron chi connectivity index (χ1n) is 5.32. The van der Waals surface area contributed by atoms with Crippen molar-refractivity contribution in [3.8, 4) is 11.5 Å². The molecule has 0 fully saturated rings. The molecule has 0 spiro atoms. The number of rotatable bonds is 4. The Morgan fingerprint density at radius 3 is 2.88 bits per heavy atom. The average molecular weight is 222 g/mol. The Kier molecular flexibility index (Phi) is 2.99. The lowest BCUT2D eigenvalue weighted by Gasteiger charge is -2.09. The predicted molar refractivity (Wildman–Crippen MR) is 57.7 cm³/mol. The van der Waals surface area contributed by atoms with Gasteiger partial charge in [-0.25, -0.2) is 0 Å². The van der Waals surface area contributed by atoms with Gasteiger partial charge in [0.15, 0.2) is 11.5 Å². The summed E-state index contributed by atoms with van der Waals surface area (Å²) in [4.78, 5) is 10.9. The summed E-state index contributed by atoms with van der Waals surface area (Å²) in [5.74, 6) is 0.352. The van der Waals surface area contributed by atoms with E-state index in [0.717, 1.165) is 11.3 Å². The van der Waals surface area contributed by atoms with Crippen molar-refractivity contribution in [2.45, 2.75) is 19.8 Å². The second-order valence-corrected chi connectivity index (χ2v) is 3.84. The van der Waals surface area contributed by atoms with Gasteiger partial charge < -0.3 is 14.6 Å². The van der Waals surface area contributed by atoms with Crippen molar-refractivity contribution >= 4 is 5.97 Å². The maximum Gasteiger partial charge on any atom is 0.306 e. The third-order valence-electron chi connectivity index (χ3n) is 2.76. The van der Waals surface area contributed by atoms with Crippen LogP contribution in [-0.2, 0) is 11.2 Å². The van der Waals surface area contributed by atoms with Crippen LogP contribution in [0.1, 0.15) is 18.9 Å². The maximum absolute atomic E-state index is 10.9. The highest BCUT2D eigenvalue weighted by Gasteiger charge is 2.18. The first-order chi connectivity index (χ1) is 7.70. The van der Waals surface area contributed by atoms with Gasteiger partial charge in [0, 0.05) is 0 Å². The number of hydrogen-bond acceptors (Lipinski definition) is 3. The van der Waals surface area contributed by atoms with Crippen molar-refractivity contribution in [1.29, 1.82) is 0 Å². The summed E-state index contributed by atoms with van der Waals surface area (Å²) in [5, 5.41) is 8.97. The van der Waals surface area contributed by atoms with E-state index in [1.165, 1.54) is 0 Å². The molecule has 0 saturated heterocycles. The fourth-order valence-electron chi connectivity index (χ4n) is 1.76. The number of carboxylic acid groups (broad SMARTS) is 1. The fraction of sp³-hybridized carbons (Fsp3) is 0.417. The summed E-state index contributed by atoms with van der Waals surface area (Å²) in [6.45, 7) is 2.13. The fourth-order valence-corrected chi connectivity index (χ4v) is 1.76. The smallest absolute Gasteiger partial charge is 0.306 e. The Bertz CT molecular complexity index is 400. The summed E-state index contributed by atoms with van der Waals surface area (Å²) in [6.07, 6.45) is 1.16. The molecule has 1 atom stereocenters. The maximum atomic E-state index is 10.9. The number of carboxylic acids is 1. The van der Waals surface area contributed by atoms with Crippen LogP contribution in [0.2, 0.25) is 0 Å². The predicted octanol–water partition coefficient (Wildman–Crippen LogP) is 2.07.